The lowest BCUT2D eigenvalue weighted by atomic mass is 10.3. The highest BCUT2D eigenvalue weighted by atomic mass is 32.2. The Bertz CT molecular complexity index is 168. The van der Waals surface area contributed by atoms with Gasteiger partial charge in [-0.3, -0.25) is 0 Å². The number of thioether (sulfide) groups is 2. The zero-order valence-electron chi connectivity index (χ0n) is 6.39. The fourth-order valence-electron chi connectivity index (χ4n) is 0.717. The molecule has 0 spiro atoms. The largest absolute Gasteiger partial charge is 0.132 e. The predicted molar refractivity (Wildman–Crippen MR) is 52.4 cm³/mol. The zero-order valence-corrected chi connectivity index (χ0v) is 8.02. The van der Waals surface area contributed by atoms with Crippen LogP contribution in [0.15, 0.2) is 22.0 Å². The molecule has 0 nitrogen and oxygen atoms in total. The van der Waals surface area contributed by atoms with E-state index in [1.165, 1.54) is 22.0 Å². The molecule has 0 amide bonds. The van der Waals surface area contributed by atoms with Crippen molar-refractivity contribution in [3.8, 4) is 0 Å². The maximum absolute atomic E-state index is 2.27. The Morgan fingerprint density at radius 1 is 1.60 bits per heavy atom. The molecule has 10 heavy (non-hydrogen) atoms. The molecule has 0 fully saturated rings. The molecule has 0 aromatic carbocycles. The van der Waals surface area contributed by atoms with Crippen LogP contribution in [-0.2, 0) is 0 Å². The Hall–Kier alpha value is 0.180. The number of allylic oxidation sites excluding steroid dienone is 2. The third-order valence-electron chi connectivity index (χ3n) is 1.47. The second-order valence-electron chi connectivity index (χ2n) is 2.17. The SMILES string of the molecule is C/C=C(\C)C1=CSCCS1. The molecule has 0 radical (unpaired) electrons. The lowest BCUT2D eigenvalue weighted by molar-refractivity contribution is 1.44. The van der Waals surface area contributed by atoms with Crippen molar-refractivity contribution in [3.05, 3.63) is 22.0 Å². The topological polar surface area (TPSA) is 0 Å². The van der Waals surface area contributed by atoms with Gasteiger partial charge in [0, 0.05) is 16.4 Å². The van der Waals surface area contributed by atoms with Crippen molar-refractivity contribution in [3.63, 3.8) is 0 Å². The predicted octanol–water partition coefficient (Wildman–Crippen LogP) is 3.27. The van der Waals surface area contributed by atoms with E-state index in [1.807, 2.05) is 23.5 Å². The minimum atomic E-state index is 1.27. The molecule has 1 heterocycles. The molecule has 1 rings (SSSR count). The second kappa shape index (κ2) is 4.14. The van der Waals surface area contributed by atoms with Crippen molar-refractivity contribution in [1.82, 2.24) is 0 Å². The van der Waals surface area contributed by atoms with E-state index in [0.717, 1.165) is 0 Å². The van der Waals surface area contributed by atoms with E-state index in [-0.39, 0.29) is 0 Å². The van der Waals surface area contributed by atoms with Crippen LogP contribution in [0.2, 0.25) is 0 Å². The summed E-state index contributed by atoms with van der Waals surface area (Å²) in [4.78, 5) is 1.46. The summed E-state index contributed by atoms with van der Waals surface area (Å²) in [6, 6.07) is 0. The number of hydrogen-bond acceptors (Lipinski definition) is 2. The molecule has 0 bridgehead atoms. The summed E-state index contributed by atoms with van der Waals surface area (Å²) >= 11 is 3.89. The van der Waals surface area contributed by atoms with Crippen LogP contribution in [0.4, 0.5) is 0 Å². The number of hydrogen-bond donors (Lipinski definition) is 0. The lowest BCUT2D eigenvalue weighted by Crippen LogP contribution is -1.91. The fraction of sp³-hybridized carbons (Fsp3) is 0.500. The molecule has 0 aromatic rings. The van der Waals surface area contributed by atoms with Crippen LogP contribution in [0.25, 0.3) is 0 Å². The molecular formula is C8H12S2. The van der Waals surface area contributed by atoms with Gasteiger partial charge >= 0.3 is 0 Å². The first-order valence-corrected chi connectivity index (χ1v) is 5.46. The first kappa shape index (κ1) is 8.28. The first-order valence-electron chi connectivity index (χ1n) is 3.42. The van der Waals surface area contributed by atoms with Crippen molar-refractivity contribution in [1.29, 1.82) is 0 Å². The van der Waals surface area contributed by atoms with Crippen LogP contribution in [-0.4, -0.2) is 11.5 Å². The molecule has 2 heteroatoms. The molecule has 0 atom stereocenters. The number of rotatable bonds is 1. The monoisotopic (exact) mass is 172 g/mol. The van der Waals surface area contributed by atoms with Gasteiger partial charge in [-0.15, -0.1) is 23.5 Å². The van der Waals surface area contributed by atoms with Crippen molar-refractivity contribution in [2.75, 3.05) is 11.5 Å². The van der Waals surface area contributed by atoms with Crippen LogP contribution in [0.3, 0.4) is 0 Å². The molecular weight excluding hydrogens is 160 g/mol. The molecule has 0 aromatic heterocycles. The van der Waals surface area contributed by atoms with Gasteiger partial charge in [-0.25, -0.2) is 0 Å². The normalized spacial score (nSPS) is 20.6. The third kappa shape index (κ3) is 2.10. The van der Waals surface area contributed by atoms with E-state index in [9.17, 15) is 0 Å². The van der Waals surface area contributed by atoms with Crippen LogP contribution in [0.1, 0.15) is 13.8 Å². The summed E-state index contributed by atoms with van der Waals surface area (Å²) in [5, 5.41) is 2.27. The highest BCUT2D eigenvalue weighted by Crippen LogP contribution is 2.31. The summed E-state index contributed by atoms with van der Waals surface area (Å²) in [7, 11) is 0. The molecule has 1 aliphatic rings. The highest BCUT2D eigenvalue weighted by Gasteiger charge is 2.04. The van der Waals surface area contributed by atoms with E-state index in [4.69, 9.17) is 0 Å². The summed E-state index contributed by atoms with van der Waals surface area (Å²) in [6.45, 7) is 4.26. The summed E-state index contributed by atoms with van der Waals surface area (Å²) in [6.07, 6.45) is 2.17. The quantitative estimate of drug-likeness (QED) is 0.595. The summed E-state index contributed by atoms with van der Waals surface area (Å²) in [5.41, 5.74) is 1.41. The van der Waals surface area contributed by atoms with Crippen molar-refractivity contribution in [2.24, 2.45) is 0 Å². The van der Waals surface area contributed by atoms with Crippen molar-refractivity contribution >= 4 is 23.5 Å². The Morgan fingerprint density at radius 2 is 2.40 bits per heavy atom. The summed E-state index contributed by atoms with van der Waals surface area (Å²) < 4.78 is 0. The average Bonchev–Trinajstić information content (AvgIpc) is 2.05. The fourth-order valence-corrected chi connectivity index (χ4v) is 2.93. The third-order valence-corrected chi connectivity index (χ3v) is 3.88. The summed E-state index contributed by atoms with van der Waals surface area (Å²) in [5.74, 6) is 2.53. The smallest absolute Gasteiger partial charge is 0.0161 e. The van der Waals surface area contributed by atoms with Gasteiger partial charge in [-0.2, -0.15) is 0 Å². The van der Waals surface area contributed by atoms with Crippen LogP contribution in [0, 0.1) is 0 Å². The molecule has 56 valence electrons. The van der Waals surface area contributed by atoms with Gasteiger partial charge in [0.1, 0.15) is 0 Å². The van der Waals surface area contributed by atoms with Crippen LogP contribution < -0.4 is 0 Å². The second-order valence-corrected chi connectivity index (χ2v) is 4.29. The van der Waals surface area contributed by atoms with E-state index in [1.54, 1.807) is 0 Å². The zero-order chi connectivity index (χ0) is 7.40. The van der Waals surface area contributed by atoms with Gasteiger partial charge in [-0.05, 0) is 24.8 Å². The molecule has 0 N–H and O–H groups in total. The van der Waals surface area contributed by atoms with Gasteiger partial charge < -0.3 is 0 Å². The van der Waals surface area contributed by atoms with Gasteiger partial charge in [-0.1, -0.05) is 6.08 Å². The van der Waals surface area contributed by atoms with E-state index < -0.39 is 0 Å². The van der Waals surface area contributed by atoms with Gasteiger partial charge in [0.15, 0.2) is 0 Å². The molecule has 1 aliphatic heterocycles. The van der Waals surface area contributed by atoms with Gasteiger partial charge in [0.05, 0.1) is 0 Å². The van der Waals surface area contributed by atoms with Crippen molar-refractivity contribution < 1.29 is 0 Å². The molecule has 0 saturated carbocycles. The Kier molecular flexibility index (Phi) is 3.43. The van der Waals surface area contributed by atoms with Crippen LogP contribution >= 0.6 is 23.5 Å². The van der Waals surface area contributed by atoms with Gasteiger partial charge in [0.2, 0.25) is 0 Å². The molecule has 0 aliphatic carbocycles. The highest BCUT2D eigenvalue weighted by molar-refractivity contribution is 8.09. The standard InChI is InChI=1S/C8H12S2/c1-3-7(2)8-6-9-4-5-10-8/h3,6H,4-5H2,1-2H3/b7-3+. The van der Waals surface area contributed by atoms with E-state index in [0.29, 0.717) is 0 Å². The Balaban J connectivity index is 2.62. The molecule has 0 saturated heterocycles. The maximum atomic E-state index is 2.27. The lowest BCUT2D eigenvalue weighted by Gasteiger charge is -2.11. The molecule has 0 unspecified atom stereocenters. The van der Waals surface area contributed by atoms with E-state index in [2.05, 4.69) is 25.3 Å². The minimum Gasteiger partial charge on any atom is -0.132 e. The minimum absolute atomic E-state index is 1.27. The van der Waals surface area contributed by atoms with Crippen LogP contribution in [0.5, 0.6) is 0 Å². The Morgan fingerprint density at radius 3 is 2.90 bits per heavy atom. The average molecular weight is 172 g/mol. The van der Waals surface area contributed by atoms with Gasteiger partial charge in [0.25, 0.3) is 0 Å². The maximum Gasteiger partial charge on any atom is 0.0161 e. The first-order chi connectivity index (χ1) is 4.84. The van der Waals surface area contributed by atoms with E-state index >= 15 is 0 Å². The van der Waals surface area contributed by atoms with Crippen molar-refractivity contribution in [2.45, 2.75) is 13.8 Å². The Labute approximate surface area is 71.2 Å².